The van der Waals surface area contributed by atoms with Gasteiger partial charge in [-0.15, -0.1) is 11.6 Å². The molecule has 0 spiro atoms. The molecule has 0 heterocycles. The van der Waals surface area contributed by atoms with Gasteiger partial charge in [0.1, 0.15) is 0 Å². The highest BCUT2D eigenvalue weighted by atomic mass is 35.5. The average molecular weight is 239 g/mol. The van der Waals surface area contributed by atoms with E-state index in [2.05, 4.69) is 27.7 Å². The van der Waals surface area contributed by atoms with Crippen molar-refractivity contribution in [2.24, 2.45) is 10.8 Å². The first-order valence-electron chi connectivity index (χ1n) is 4.93. The topological polar surface area (TPSA) is 17.1 Å². The third-order valence-corrected chi connectivity index (χ3v) is 2.67. The monoisotopic (exact) mass is 238 g/mol. The predicted octanol–water partition coefficient (Wildman–Crippen LogP) is 4.21. The van der Waals surface area contributed by atoms with E-state index >= 15 is 0 Å². The van der Waals surface area contributed by atoms with E-state index in [1.54, 1.807) is 0 Å². The van der Waals surface area contributed by atoms with Crippen LogP contribution in [-0.4, -0.2) is 11.1 Å². The molecule has 84 valence electrons. The Bertz CT molecular complexity index is 197. The van der Waals surface area contributed by atoms with Crippen molar-refractivity contribution < 1.29 is 4.79 Å². The molecular formula is C11H20Cl2O. The number of rotatable bonds is 6. The predicted molar refractivity (Wildman–Crippen MR) is 63.0 cm³/mol. The molecule has 0 atom stereocenters. The number of carbonyl (C=O) groups is 1. The lowest BCUT2D eigenvalue weighted by atomic mass is 9.72. The van der Waals surface area contributed by atoms with Crippen molar-refractivity contribution in [3.63, 3.8) is 0 Å². The van der Waals surface area contributed by atoms with Crippen molar-refractivity contribution in [3.8, 4) is 0 Å². The summed E-state index contributed by atoms with van der Waals surface area (Å²) in [5, 5.41) is -0.253. The van der Waals surface area contributed by atoms with Gasteiger partial charge in [-0.05, 0) is 35.3 Å². The van der Waals surface area contributed by atoms with E-state index in [0.29, 0.717) is 12.3 Å². The fourth-order valence-electron chi connectivity index (χ4n) is 2.08. The first kappa shape index (κ1) is 14.2. The maximum atomic E-state index is 10.8. The molecule has 0 aliphatic heterocycles. The largest absolute Gasteiger partial charge is 0.281 e. The molecule has 0 aromatic carbocycles. The minimum atomic E-state index is -0.253. The van der Waals surface area contributed by atoms with E-state index in [-0.39, 0.29) is 16.1 Å². The van der Waals surface area contributed by atoms with Crippen molar-refractivity contribution in [2.45, 2.75) is 47.0 Å². The van der Waals surface area contributed by atoms with Gasteiger partial charge in [0.05, 0.1) is 0 Å². The molecule has 0 aliphatic rings. The lowest BCUT2D eigenvalue weighted by Crippen LogP contribution is -2.25. The average Bonchev–Trinajstić information content (AvgIpc) is 1.78. The molecule has 0 amide bonds. The van der Waals surface area contributed by atoms with Crippen LogP contribution in [0.25, 0.3) is 0 Å². The van der Waals surface area contributed by atoms with Crippen LogP contribution in [0.1, 0.15) is 47.0 Å². The van der Waals surface area contributed by atoms with E-state index in [4.69, 9.17) is 23.2 Å². The molecule has 14 heavy (non-hydrogen) atoms. The summed E-state index contributed by atoms with van der Waals surface area (Å²) in [6, 6.07) is 0. The van der Waals surface area contributed by atoms with Crippen LogP contribution in [0.3, 0.4) is 0 Å². The second-order valence-corrected chi connectivity index (χ2v) is 6.28. The van der Waals surface area contributed by atoms with Gasteiger partial charge in [-0.25, -0.2) is 0 Å². The molecule has 1 nitrogen and oxygen atoms in total. The fourth-order valence-corrected chi connectivity index (χ4v) is 2.95. The quantitative estimate of drug-likeness (QED) is 0.501. The zero-order valence-corrected chi connectivity index (χ0v) is 11.0. The fraction of sp³-hybridized carbons (Fsp3) is 0.909. The molecular weight excluding hydrogens is 219 g/mol. The zero-order valence-electron chi connectivity index (χ0n) is 9.49. The summed E-state index contributed by atoms with van der Waals surface area (Å²) in [6.45, 7) is 8.50. The van der Waals surface area contributed by atoms with Gasteiger partial charge in [0.2, 0.25) is 5.24 Å². The Hall–Kier alpha value is 0.250. The highest BCUT2D eigenvalue weighted by molar-refractivity contribution is 6.63. The maximum Gasteiger partial charge on any atom is 0.222 e. The van der Waals surface area contributed by atoms with Crippen molar-refractivity contribution in [2.75, 3.05) is 5.88 Å². The summed E-state index contributed by atoms with van der Waals surface area (Å²) >= 11 is 11.1. The van der Waals surface area contributed by atoms with Crippen molar-refractivity contribution in [1.82, 2.24) is 0 Å². The van der Waals surface area contributed by atoms with Gasteiger partial charge in [0, 0.05) is 12.3 Å². The molecule has 0 N–H and O–H groups in total. The Morgan fingerprint density at radius 1 is 1.14 bits per heavy atom. The Labute approximate surface area is 97.2 Å². The van der Waals surface area contributed by atoms with E-state index < -0.39 is 0 Å². The molecule has 0 fully saturated rings. The van der Waals surface area contributed by atoms with Crippen LogP contribution in [0.2, 0.25) is 0 Å². The maximum absolute atomic E-state index is 10.8. The minimum Gasteiger partial charge on any atom is -0.281 e. The summed E-state index contributed by atoms with van der Waals surface area (Å²) in [6.07, 6.45) is 2.36. The number of hydrogen-bond acceptors (Lipinski definition) is 1. The number of hydrogen-bond donors (Lipinski definition) is 0. The van der Waals surface area contributed by atoms with Gasteiger partial charge in [-0.3, -0.25) is 4.79 Å². The minimum absolute atomic E-state index is 0.0333. The molecule has 0 aromatic heterocycles. The highest BCUT2D eigenvalue weighted by Crippen LogP contribution is 2.38. The summed E-state index contributed by atoms with van der Waals surface area (Å²) in [5.41, 5.74) is 0.145. The van der Waals surface area contributed by atoms with Crippen molar-refractivity contribution >= 4 is 28.4 Å². The van der Waals surface area contributed by atoms with E-state index in [0.717, 1.165) is 12.8 Å². The number of halogens is 2. The first-order chi connectivity index (χ1) is 6.18. The SMILES string of the molecule is CC(C)(CCCl)CC(C)(C)CC(=O)Cl. The highest BCUT2D eigenvalue weighted by Gasteiger charge is 2.29. The van der Waals surface area contributed by atoms with Gasteiger partial charge in [-0.1, -0.05) is 27.7 Å². The summed E-state index contributed by atoms with van der Waals surface area (Å²) < 4.78 is 0. The van der Waals surface area contributed by atoms with Crippen LogP contribution in [0, 0.1) is 10.8 Å². The van der Waals surface area contributed by atoms with Gasteiger partial charge < -0.3 is 0 Å². The van der Waals surface area contributed by atoms with E-state index in [1.807, 2.05) is 0 Å². The smallest absolute Gasteiger partial charge is 0.222 e. The van der Waals surface area contributed by atoms with Crippen LogP contribution in [0.4, 0.5) is 0 Å². The lowest BCUT2D eigenvalue weighted by molar-refractivity contribution is -0.113. The zero-order chi connectivity index (χ0) is 11.4. The summed E-state index contributed by atoms with van der Waals surface area (Å²) in [5.74, 6) is 0.665. The van der Waals surface area contributed by atoms with Crippen molar-refractivity contribution in [3.05, 3.63) is 0 Å². The van der Waals surface area contributed by atoms with Crippen LogP contribution in [0.15, 0.2) is 0 Å². The second kappa shape index (κ2) is 5.37. The molecule has 0 aliphatic carbocycles. The Morgan fingerprint density at radius 3 is 2.00 bits per heavy atom. The normalized spacial score (nSPS) is 13.0. The molecule has 3 heteroatoms. The molecule has 0 unspecified atom stereocenters. The molecule has 0 rings (SSSR count). The lowest BCUT2D eigenvalue weighted by Gasteiger charge is -2.33. The Kier molecular flexibility index (Phi) is 5.46. The molecule has 0 aromatic rings. The van der Waals surface area contributed by atoms with Gasteiger partial charge in [-0.2, -0.15) is 0 Å². The molecule has 0 bridgehead atoms. The molecule has 0 saturated carbocycles. The van der Waals surface area contributed by atoms with Crippen LogP contribution in [0.5, 0.6) is 0 Å². The van der Waals surface area contributed by atoms with E-state index in [1.165, 1.54) is 0 Å². The van der Waals surface area contributed by atoms with Gasteiger partial charge in [0.25, 0.3) is 0 Å². The summed E-state index contributed by atoms with van der Waals surface area (Å²) in [4.78, 5) is 10.8. The van der Waals surface area contributed by atoms with Gasteiger partial charge in [0.15, 0.2) is 0 Å². The second-order valence-electron chi connectivity index (χ2n) is 5.48. The number of alkyl halides is 1. The Morgan fingerprint density at radius 2 is 1.64 bits per heavy atom. The third kappa shape index (κ3) is 6.67. The molecule has 0 radical (unpaired) electrons. The van der Waals surface area contributed by atoms with Crippen LogP contribution in [-0.2, 0) is 4.79 Å². The molecule has 0 saturated heterocycles. The summed E-state index contributed by atoms with van der Waals surface area (Å²) in [7, 11) is 0. The van der Waals surface area contributed by atoms with Gasteiger partial charge >= 0.3 is 0 Å². The van der Waals surface area contributed by atoms with Crippen LogP contribution < -0.4 is 0 Å². The standard InChI is InChI=1S/C11H20Cl2O/c1-10(2,5-6-12)8-11(3,4)7-9(13)14/h5-8H2,1-4H3. The van der Waals surface area contributed by atoms with Crippen LogP contribution >= 0.6 is 23.2 Å². The first-order valence-corrected chi connectivity index (χ1v) is 5.84. The third-order valence-electron chi connectivity index (χ3n) is 2.35. The number of carbonyl (C=O) groups excluding carboxylic acids is 1. The van der Waals surface area contributed by atoms with E-state index in [9.17, 15) is 4.79 Å². The van der Waals surface area contributed by atoms with Crippen molar-refractivity contribution in [1.29, 1.82) is 0 Å². The Balaban J connectivity index is 4.25.